The van der Waals surface area contributed by atoms with Crippen LogP contribution in [0.2, 0.25) is 0 Å². The molecule has 2 heterocycles. The number of ether oxygens (including phenoxy) is 1. The Bertz CT molecular complexity index is 1350. The number of nitrogens with one attached hydrogen (secondary N) is 1. The number of fused-ring (bicyclic) bond motifs is 1. The molecule has 2 amide bonds. The van der Waals surface area contributed by atoms with E-state index in [4.69, 9.17) is 4.74 Å². The van der Waals surface area contributed by atoms with Gasteiger partial charge >= 0.3 is 6.03 Å². The van der Waals surface area contributed by atoms with Crippen molar-refractivity contribution in [2.75, 3.05) is 24.3 Å². The number of nitrogens with zero attached hydrogens (tertiary/aromatic N) is 3. The Balaban J connectivity index is 1.25. The van der Waals surface area contributed by atoms with Gasteiger partial charge in [-0.05, 0) is 72.6 Å². The number of methoxy groups -OCH3 is 1. The monoisotopic (exact) mass is 516 g/mol. The van der Waals surface area contributed by atoms with E-state index >= 15 is 0 Å². The van der Waals surface area contributed by atoms with Crippen molar-refractivity contribution >= 4 is 22.5 Å². The van der Waals surface area contributed by atoms with E-state index in [-0.39, 0.29) is 6.03 Å². The van der Waals surface area contributed by atoms with E-state index in [1.54, 1.807) is 13.4 Å². The normalized spacial score (nSPS) is 19.4. The van der Waals surface area contributed by atoms with Gasteiger partial charge in [0, 0.05) is 41.3 Å². The Kier molecular flexibility index (Phi) is 6.44. The SMILES string of the molecule is CCS(=O)c1ccc(CNC(=O)N2CC(C3CC3)c3cc(-c4c(OC)ncnc4C4CC4)ccc32)cc1. The van der Waals surface area contributed by atoms with Crippen LogP contribution in [0.4, 0.5) is 10.5 Å². The predicted octanol–water partition coefficient (Wildman–Crippen LogP) is 5.38. The standard InChI is InChI=1S/C29H32N4O3S/c1-3-37(35)22-11-4-18(5-12-22)15-30-29(34)33-16-24(19-6-7-19)23-14-21(10-13-25(23)33)26-27(20-8-9-20)31-17-32-28(26)36-2/h4-5,10-14,17,19-20,24H,3,6-9,15-16H2,1-2H3,(H,30,34). The number of rotatable bonds is 8. The highest BCUT2D eigenvalue weighted by atomic mass is 32.2. The van der Waals surface area contributed by atoms with Gasteiger partial charge in [0.25, 0.3) is 0 Å². The smallest absolute Gasteiger partial charge is 0.322 e. The molecule has 192 valence electrons. The van der Waals surface area contributed by atoms with Crippen molar-refractivity contribution < 1.29 is 13.7 Å². The minimum absolute atomic E-state index is 0.0855. The Hall–Kier alpha value is -3.26. The first-order valence-electron chi connectivity index (χ1n) is 13.1. The molecule has 1 N–H and O–H groups in total. The second kappa shape index (κ2) is 9.89. The van der Waals surface area contributed by atoms with E-state index in [9.17, 15) is 9.00 Å². The van der Waals surface area contributed by atoms with E-state index in [1.165, 1.54) is 18.4 Å². The molecule has 1 aromatic heterocycles. The molecule has 6 rings (SSSR count). The van der Waals surface area contributed by atoms with Crippen molar-refractivity contribution in [2.45, 2.75) is 55.9 Å². The molecule has 0 saturated heterocycles. The van der Waals surface area contributed by atoms with Crippen LogP contribution in [0.15, 0.2) is 53.7 Å². The van der Waals surface area contributed by atoms with Crippen LogP contribution in [-0.4, -0.2) is 39.6 Å². The number of anilines is 1. The molecule has 2 atom stereocenters. The summed E-state index contributed by atoms with van der Waals surface area (Å²) in [7, 11) is 0.687. The second-order valence-electron chi connectivity index (χ2n) is 10.2. The van der Waals surface area contributed by atoms with Gasteiger partial charge in [0.2, 0.25) is 5.88 Å². The molecule has 0 bridgehead atoms. The lowest BCUT2D eigenvalue weighted by molar-refractivity contribution is 0.246. The van der Waals surface area contributed by atoms with Crippen LogP contribution in [0.1, 0.15) is 61.3 Å². The Morgan fingerprint density at radius 2 is 1.89 bits per heavy atom. The molecule has 2 unspecified atom stereocenters. The third kappa shape index (κ3) is 4.75. The lowest BCUT2D eigenvalue weighted by Gasteiger charge is -2.19. The first kappa shape index (κ1) is 24.1. The zero-order valence-electron chi connectivity index (χ0n) is 21.3. The molecule has 2 fully saturated rings. The summed E-state index contributed by atoms with van der Waals surface area (Å²) in [4.78, 5) is 25.1. The summed E-state index contributed by atoms with van der Waals surface area (Å²) in [5, 5.41) is 3.09. The number of hydrogen-bond acceptors (Lipinski definition) is 5. The fourth-order valence-corrected chi connectivity index (χ4v) is 6.19. The number of carbonyl (C=O) groups excluding carboxylic acids is 1. The highest BCUT2D eigenvalue weighted by Crippen LogP contribution is 2.52. The van der Waals surface area contributed by atoms with Crippen LogP contribution >= 0.6 is 0 Å². The van der Waals surface area contributed by atoms with Gasteiger partial charge in [-0.15, -0.1) is 0 Å². The second-order valence-corrected chi connectivity index (χ2v) is 11.9. The summed E-state index contributed by atoms with van der Waals surface area (Å²) < 4.78 is 17.6. The molecule has 0 radical (unpaired) electrons. The lowest BCUT2D eigenvalue weighted by atomic mass is 9.92. The highest BCUT2D eigenvalue weighted by molar-refractivity contribution is 7.85. The van der Waals surface area contributed by atoms with Crippen LogP contribution < -0.4 is 15.0 Å². The zero-order valence-corrected chi connectivity index (χ0v) is 22.1. The fraction of sp³-hybridized carbons (Fsp3) is 0.414. The summed E-state index contributed by atoms with van der Waals surface area (Å²) in [6, 6.07) is 13.9. The maximum absolute atomic E-state index is 13.3. The van der Waals surface area contributed by atoms with Gasteiger partial charge in [0.05, 0.1) is 29.2 Å². The summed E-state index contributed by atoms with van der Waals surface area (Å²) in [5.41, 5.74) is 6.32. The van der Waals surface area contributed by atoms with E-state index in [0.717, 1.165) is 45.8 Å². The molecular weight excluding hydrogens is 484 g/mol. The summed E-state index contributed by atoms with van der Waals surface area (Å²) in [6.07, 6.45) is 6.31. The van der Waals surface area contributed by atoms with E-state index in [1.807, 2.05) is 36.1 Å². The van der Waals surface area contributed by atoms with Gasteiger partial charge < -0.3 is 10.1 Å². The van der Waals surface area contributed by atoms with Crippen LogP contribution in [0.25, 0.3) is 11.1 Å². The largest absolute Gasteiger partial charge is 0.480 e. The molecule has 8 heteroatoms. The predicted molar refractivity (Wildman–Crippen MR) is 144 cm³/mol. The maximum Gasteiger partial charge on any atom is 0.322 e. The van der Waals surface area contributed by atoms with Crippen molar-refractivity contribution in [3.05, 3.63) is 65.6 Å². The first-order valence-corrected chi connectivity index (χ1v) is 14.4. The lowest BCUT2D eigenvalue weighted by Crippen LogP contribution is -2.39. The topological polar surface area (TPSA) is 84.4 Å². The zero-order chi connectivity index (χ0) is 25.5. The summed E-state index contributed by atoms with van der Waals surface area (Å²) in [5.74, 6) is 2.64. The van der Waals surface area contributed by atoms with Crippen LogP contribution in [0, 0.1) is 5.92 Å². The fourth-order valence-electron chi connectivity index (χ4n) is 5.41. The number of hydrogen-bond donors (Lipinski definition) is 1. The van der Waals surface area contributed by atoms with Crippen molar-refractivity contribution in [1.29, 1.82) is 0 Å². The number of benzene rings is 2. The Labute approximate surface area is 220 Å². The molecule has 2 saturated carbocycles. The number of aromatic nitrogens is 2. The Morgan fingerprint density at radius 3 is 2.57 bits per heavy atom. The van der Waals surface area contributed by atoms with Gasteiger partial charge in [-0.1, -0.05) is 25.1 Å². The van der Waals surface area contributed by atoms with Crippen molar-refractivity contribution in [3.8, 4) is 17.0 Å². The molecule has 2 aliphatic carbocycles. The highest BCUT2D eigenvalue weighted by Gasteiger charge is 2.42. The molecule has 1 aliphatic heterocycles. The number of carbonyl (C=O) groups is 1. The quantitative estimate of drug-likeness (QED) is 0.435. The molecule has 37 heavy (non-hydrogen) atoms. The van der Waals surface area contributed by atoms with Gasteiger partial charge in [-0.25, -0.2) is 14.8 Å². The first-order chi connectivity index (χ1) is 18.1. The average Bonchev–Trinajstić information content (AvgIpc) is 3.88. The van der Waals surface area contributed by atoms with Gasteiger partial charge in [0.1, 0.15) is 6.33 Å². The number of amides is 2. The summed E-state index contributed by atoms with van der Waals surface area (Å²) >= 11 is 0. The minimum atomic E-state index is -0.971. The molecule has 3 aromatic rings. The minimum Gasteiger partial charge on any atom is -0.480 e. The molecule has 0 spiro atoms. The Morgan fingerprint density at radius 1 is 1.11 bits per heavy atom. The van der Waals surface area contributed by atoms with E-state index in [2.05, 4.69) is 33.5 Å². The average molecular weight is 517 g/mol. The van der Waals surface area contributed by atoms with Crippen LogP contribution in [0.5, 0.6) is 5.88 Å². The van der Waals surface area contributed by atoms with E-state index < -0.39 is 10.8 Å². The third-order valence-corrected chi connectivity index (χ3v) is 9.04. The summed E-state index contributed by atoms with van der Waals surface area (Å²) in [6.45, 7) is 3.03. The molecular formula is C29H32N4O3S. The van der Waals surface area contributed by atoms with Gasteiger partial charge in [-0.2, -0.15) is 0 Å². The molecule has 3 aliphatic rings. The van der Waals surface area contributed by atoms with Crippen LogP contribution in [0.3, 0.4) is 0 Å². The number of urea groups is 1. The molecule has 2 aromatic carbocycles. The van der Waals surface area contributed by atoms with Crippen LogP contribution in [-0.2, 0) is 17.3 Å². The van der Waals surface area contributed by atoms with Crippen molar-refractivity contribution in [3.63, 3.8) is 0 Å². The van der Waals surface area contributed by atoms with Crippen molar-refractivity contribution in [1.82, 2.24) is 15.3 Å². The molecule has 7 nitrogen and oxygen atoms in total. The van der Waals surface area contributed by atoms with Gasteiger partial charge in [-0.3, -0.25) is 9.11 Å². The third-order valence-electron chi connectivity index (χ3n) is 7.71. The maximum atomic E-state index is 13.3. The van der Waals surface area contributed by atoms with E-state index in [0.29, 0.717) is 42.5 Å². The van der Waals surface area contributed by atoms with Gasteiger partial charge in [0.15, 0.2) is 0 Å². The van der Waals surface area contributed by atoms with Crippen molar-refractivity contribution in [2.24, 2.45) is 5.92 Å².